The van der Waals surface area contributed by atoms with Crippen molar-refractivity contribution < 1.29 is 4.79 Å². The molecule has 0 bridgehead atoms. The number of hydrogen-bond donors (Lipinski definition) is 1. The van der Waals surface area contributed by atoms with Gasteiger partial charge in [0.1, 0.15) is 5.82 Å². The van der Waals surface area contributed by atoms with E-state index in [9.17, 15) is 4.79 Å². The summed E-state index contributed by atoms with van der Waals surface area (Å²) in [5.41, 5.74) is 1.08. The number of aromatic nitrogens is 3. The first-order valence-corrected chi connectivity index (χ1v) is 8.78. The van der Waals surface area contributed by atoms with Crippen LogP contribution in [-0.4, -0.2) is 63.3 Å². The molecule has 2 amide bonds. The normalized spacial score (nSPS) is 15.9. The Hall–Kier alpha value is -2.41. The minimum absolute atomic E-state index is 0.0897. The van der Waals surface area contributed by atoms with E-state index in [4.69, 9.17) is 0 Å². The van der Waals surface area contributed by atoms with Crippen LogP contribution in [0.25, 0.3) is 0 Å². The second kappa shape index (κ2) is 8.11. The maximum absolute atomic E-state index is 12.4. The van der Waals surface area contributed by atoms with Crippen molar-refractivity contribution in [1.29, 1.82) is 0 Å². The molecule has 0 spiro atoms. The molecule has 7 heteroatoms. The summed E-state index contributed by atoms with van der Waals surface area (Å²) >= 11 is 0. The molecule has 1 aliphatic rings. The topological polar surface area (TPSA) is 66.3 Å². The smallest absolute Gasteiger partial charge is 0.323 e. The van der Waals surface area contributed by atoms with Crippen LogP contribution in [0.5, 0.6) is 0 Å². The van der Waals surface area contributed by atoms with Gasteiger partial charge in [0.15, 0.2) is 0 Å². The van der Waals surface area contributed by atoms with Crippen molar-refractivity contribution in [3.63, 3.8) is 0 Å². The molecule has 1 aliphatic heterocycles. The van der Waals surface area contributed by atoms with Gasteiger partial charge in [0.2, 0.25) is 0 Å². The van der Waals surface area contributed by atoms with Gasteiger partial charge >= 0.3 is 6.03 Å². The SMILES string of the molecule is Cc1ccnc(NC(=O)N(C)C2CCN(CCn3cccn3)CC2)c1. The Kier molecular flexibility index (Phi) is 5.65. The largest absolute Gasteiger partial charge is 0.324 e. The van der Waals surface area contributed by atoms with Gasteiger partial charge in [-0.25, -0.2) is 9.78 Å². The molecule has 0 atom stereocenters. The molecule has 2 aromatic rings. The third-order valence-electron chi connectivity index (χ3n) is 4.78. The van der Waals surface area contributed by atoms with Crippen molar-refractivity contribution in [3.8, 4) is 0 Å². The fourth-order valence-electron chi connectivity index (χ4n) is 3.17. The van der Waals surface area contributed by atoms with E-state index in [1.807, 2.05) is 54.1 Å². The third-order valence-corrected chi connectivity index (χ3v) is 4.78. The molecule has 0 saturated carbocycles. The van der Waals surface area contributed by atoms with Crippen LogP contribution in [0.3, 0.4) is 0 Å². The fraction of sp³-hybridized carbons (Fsp3) is 0.500. The van der Waals surface area contributed by atoms with Crippen LogP contribution in [0.2, 0.25) is 0 Å². The molecular formula is C18H26N6O. The molecule has 1 N–H and O–H groups in total. The number of amides is 2. The van der Waals surface area contributed by atoms with Crippen molar-refractivity contribution in [2.45, 2.75) is 32.4 Å². The van der Waals surface area contributed by atoms with Crippen molar-refractivity contribution in [3.05, 3.63) is 42.4 Å². The lowest BCUT2D eigenvalue weighted by Crippen LogP contribution is -2.47. The average molecular weight is 342 g/mol. The van der Waals surface area contributed by atoms with Gasteiger partial charge in [-0.3, -0.25) is 10.00 Å². The predicted octanol–water partition coefficient (Wildman–Crippen LogP) is 2.21. The number of anilines is 1. The Morgan fingerprint density at radius 2 is 2.12 bits per heavy atom. The highest BCUT2D eigenvalue weighted by Crippen LogP contribution is 2.16. The first-order valence-electron chi connectivity index (χ1n) is 8.78. The molecule has 0 unspecified atom stereocenters. The summed E-state index contributed by atoms with van der Waals surface area (Å²) in [4.78, 5) is 20.9. The van der Waals surface area contributed by atoms with Gasteiger partial charge < -0.3 is 9.80 Å². The van der Waals surface area contributed by atoms with E-state index in [-0.39, 0.29) is 12.1 Å². The zero-order valence-electron chi connectivity index (χ0n) is 14.9. The number of aryl methyl sites for hydroxylation is 1. The molecule has 1 saturated heterocycles. The number of carbonyl (C=O) groups is 1. The lowest BCUT2D eigenvalue weighted by molar-refractivity contribution is 0.138. The zero-order chi connectivity index (χ0) is 17.6. The first kappa shape index (κ1) is 17.4. The first-order chi connectivity index (χ1) is 12.1. The Labute approximate surface area is 148 Å². The lowest BCUT2D eigenvalue weighted by atomic mass is 10.0. The second-order valence-corrected chi connectivity index (χ2v) is 6.60. The van der Waals surface area contributed by atoms with Gasteiger partial charge in [-0.2, -0.15) is 5.10 Å². The zero-order valence-corrected chi connectivity index (χ0v) is 14.9. The fourth-order valence-corrected chi connectivity index (χ4v) is 3.17. The minimum Gasteiger partial charge on any atom is -0.324 e. The van der Waals surface area contributed by atoms with E-state index in [0.717, 1.165) is 44.6 Å². The third kappa shape index (κ3) is 4.79. The van der Waals surface area contributed by atoms with Gasteiger partial charge in [0.05, 0.1) is 6.54 Å². The van der Waals surface area contributed by atoms with E-state index in [1.54, 1.807) is 6.20 Å². The summed E-state index contributed by atoms with van der Waals surface area (Å²) in [6.45, 7) is 5.91. The molecule has 2 aromatic heterocycles. The predicted molar refractivity (Wildman–Crippen MR) is 97.4 cm³/mol. The van der Waals surface area contributed by atoms with Gasteiger partial charge in [-0.05, 0) is 43.5 Å². The summed E-state index contributed by atoms with van der Waals surface area (Å²) in [5.74, 6) is 0.605. The van der Waals surface area contributed by atoms with Gasteiger partial charge in [0, 0.05) is 51.3 Å². The maximum Gasteiger partial charge on any atom is 0.323 e. The molecule has 1 fully saturated rings. The molecule has 7 nitrogen and oxygen atoms in total. The number of piperidine rings is 1. The molecule has 0 radical (unpaired) electrons. The summed E-state index contributed by atoms with van der Waals surface area (Å²) < 4.78 is 1.96. The van der Waals surface area contributed by atoms with E-state index in [2.05, 4.69) is 20.3 Å². The van der Waals surface area contributed by atoms with Crippen LogP contribution >= 0.6 is 0 Å². The summed E-state index contributed by atoms with van der Waals surface area (Å²) in [6, 6.07) is 5.92. The van der Waals surface area contributed by atoms with E-state index < -0.39 is 0 Å². The van der Waals surface area contributed by atoms with Crippen LogP contribution in [0.1, 0.15) is 18.4 Å². The maximum atomic E-state index is 12.4. The number of likely N-dealkylation sites (tertiary alicyclic amines) is 1. The Morgan fingerprint density at radius 1 is 1.32 bits per heavy atom. The highest BCUT2D eigenvalue weighted by Gasteiger charge is 2.25. The van der Waals surface area contributed by atoms with Crippen LogP contribution in [-0.2, 0) is 6.54 Å². The summed E-state index contributed by atoms with van der Waals surface area (Å²) in [5, 5.41) is 7.12. The van der Waals surface area contributed by atoms with Crippen molar-refractivity contribution in [1.82, 2.24) is 24.6 Å². The number of urea groups is 1. The summed E-state index contributed by atoms with van der Waals surface area (Å²) in [6.07, 6.45) is 7.49. The second-order valence-electron chi connectivity index (χ2n) is 6.60. The van der Waals surface area contributed by atoms with E-state index in [0.29, 0.717) is 5.82 Å². The van der Waals surface area contributed by atoms with Crippen LogP contribution in [0.4, 0.5) is 10.6 Å². The Bertz CT molecular complexity index is 679. The van der Waals surface area contributed by atoms with Crippen molar-refractivity contribution >= 4 is 11.8 Å². The van der Waals surface area contributed by atoms with Crippen molar-refractivity contribution in [2.75, 3.05) is 32.0 Å². The molecule has 134 valence electrons. The number of rotatable bonds is 5. The monoisotopic (exact) mass is 342 g/mol. The number of carbonyl (C=O) groups excluding carboxylic acids is 1. The highest BCUT2D eigenvalue weighted by atomic mass is 16.2. The molecule has 0 aliphatic carbocycles. The Balaban J connectivity index is 1.44. The van der Waals surface area contributed by atoms with E-state index in [1.165, 1.54) is 0 Å². The number of pyridine rings is 1. The van der Waals surface area contributed by atoms with Gasteiger partial charge in [-0.1, -0.05) is 0 Å². The Morgan fingerprint density at radius 3 is 2.80 bits per heavy atom. The average Bonchev–Trinajstić information content (AvgIpc) is 3.13. The van der Waals surface area contributed by atoms with Crippen molar-refractivity contribution in [2.24, 2.45) is 0 Å². The number of nitrogens with one attached hydrogen (secondary N) is 1. The van der Waals surface area contributed by atoms with Crippen LogP contribution < -0.4 is 5.32 Å². The molecule has 3 heterocycles. The van der Waals surface area contributed by atoms with E-state index >= 15 is 0 Å². The lowest BCUT2D eigenvalue weighted by Gasteiger charge is -2.36. The van der Waals surface area contributed by atoms with Crippen LogP contribution in [0.15, 0.2) is 36.8 Å². The standard InChI is InChI=1S/C18H26N6O/c1-15-4-8-19-17(14-15)21-18(25)22(2)16-5-10-23(11-6-16)12-13-24-9-3-7-20-24/h3-4,7-9,14,16H,5-6,10-13H2,1-2H3,(H,19,21,25). The summed E-state index contributed by atoms with van der Waals surface area (Å²) in [7, 11) is 1.87. The quantitative estimate of drug-likeness (QED) is 0.905. The van der Waals surface area contributed by atoms with Crippen LogP contribution in [0, 0.1) is 6.92 Å². The molecule has 3 rings (SSSR count). The van der Waals surface area contributed by atoms with Gasteiger partial charge in [0.25, 0.3) is 0 Å². The molecular weight excluding hydrogens is 316 g/mol. The molecule has 25 heavy (non-hydrogen) atoms. The molecule has 0 aromatic carbocycles. The number of hydrogen-bond acceptors (Lipinski definition) is 4. The minimum atomic E-state index is -0.0897. The highest BCUT2D eigenvalue weighted by molar-refractivity contribution is 5.88. The number of nitrogens with zero attached hydrogens (tertiary/aromatic N) is 5. The van der Waals surface area contributed by atoms with Gasteiger partial charge in [-0.15, -0.1) is 0 Å².